The maximum absolute atomic E-state index is 12.5. The van der Waals surface area contributed by atoms with E-state index < -0.39 is 0 Å². The van der Waals surface area contributed by atoms with E-state index in [1.807, 2.05) is 47.0 Å². The lowest BCUT2D eigenvalue weighted by atomic mass is 10.2. The molecule has 2 aromatic heterocycles. The Labute approximate surface area is 187 Å². The standard InChI is InChI=1S/C21H15Cl2N5OS/c22-15-6-7-18(17(23)12-15)25-19(29)13-30-21-27-26-20(14-8-10-24-11-9-14)28(21)16-4-2-1-3-5-16/h1-12H,13H2,(H,25,29). The van der Waals surface area contributed by atoms with E-state index in [1.165, 1.54) is 11.8 Å². The normalized spacial score (nSPS) is 10.7. The van der Waals surface area contributed by atoms with Crippen LogP contribution in [-0.2, 0) is 4.79 Å². The molecule has 0 atom stereocenters. The van der Waals surface area contributed by atoms with Crippen LogP contribution in [0.5, 0.6) is 0 Å². The zero-order chi connectivity index (χ0) is 20.9. The molecule has 2 aromatic carbocycles. The summed E-state index contributed by atoms with van der Waals surface area (Å²) in [5.41, 5.74) is 2.29. The molecule has 0 fully saturated rings. The van der Waals surface area contributed by atoms with E-state index >= 15 is 0 Å². The Balaban J connectivity index is 1.57. The average molecular weight is 456 g/mol. The second-order valence-electron chi connectivity index (χ2n) is 6.17. The number of aromatic nitrogens is 4. The summed E-state index contributed by atoms with van der Waals surface area (Å²) < 4.78 is 1.92. The van der Waals surface area contributed by atoms with Crippen LogP contribution in [0.2, 0.25) is 10.0 Å². The van der Waals surface area contributed by atoms with E-state index in [0.717, 1.165) is 11.3 Å². The van der Waals surface area contributed by atoms with Gasteiger partial charge in [0, 0.05) is 28.7 Å². The summed E-state index contributed by atoms with van der Waals surface area (Å²) >= 11 is 13.3. The molecule has 4 rings (SSSR count). The van der Waals surface area contributed by atoms with Crippen molar-refractivity contribution in [2.45, 2.75) is 5.16 Å². The molecule has 9 heteroatoms. The number of rotatable bonds is 6. The Kier molecular flexibility index (Phi) is 6.32. The van der Waals surface area contributed by atoms with E-state index in [4.69, 9.17) is 23.2 Å². The smallest absolute Gasteiger partial charge is 0.234 e. The fourth-order valence-corrected chi connectivity index (χ4v) is 3.98. The highest BCUT2D eigenvalue weighted by atomic mass is 35.5. The Hall–Kier alpha value is -2.87. The lowest BCUT2D eigenvalue weighted by Gasteiger charge is -2.10. The van der Waals surface area contributed by atoms with Crippen molar-refractivity contribution in [2.75, 3.05) is 11.1 Å². The van der Waals surface area contributed by atoms with Gasteiger partial charge < -0.3 is 5.32 Å². The van der Waals surface area contributed by atoms with Gasteiger partial charge in [0.25, 0.3) is 0 Å². The number of carbonyl (C=O) groups excluding carboxylic acids is 1. The van der Waals surface area contributed by atoms with Crippen LogP contribution < -0.4 is 5.32 Å². The van der Waals surface area contributed by atoms with Gasteiger partial charge in [-0.3, -0.25) is 14.3 Å². The van der Waals surface area contributed by atoms with Crippen molar-refractivity contribution in [3.05, 3.63) is 83.1 Å². The number of halogens is 2. The van der Waals surface area contributed by atoms with E-state index in [-0.39, 0.29) is 11.7 Å². The molecule has 0 radical (unpaired) electrons. The summed E-state index contributed by atoms with van der Waals surface area (Å²) in [6.45, 7) is 0. The van der Waals surface area contributed by atoms with Gasteiger partial charge in [0.2, 0.25) is 5.91 Å². The van der Waals surface area contributed by atoms with Gasteiger partial charge in [-0.1, -0.05) is 53.2 Å². The largest absolute Gasteiger partial charge is 0.324 e. The highest BCUT2D eigenvalue weighted by Gasteiger charge is 2.17. The van der Waals surface area contributed by atoms with Crippen LogP contribution in [0.4, 0.5) is 5.69 Å². The number of amides is 1. The summed E-state index contributed by atoms with van der Waals surface area (Å²) in [5.74, 6) is 0.602. The Morgan fingerprint density at radius 2 is 1.77 bits per heavy atom. The summed E-state index contributed by atoms with van der Waals surface area (Å²) in [6.07, 6.45) is 3.41. The minimum atomic E-state index is -0.211. The zero-order valence-corrected chi connectivity index (χ0v) is 17.8. The topological polar surface area (TPSA) is 72.7 Å². The molecule has 6 nitrogen and oxygen atoms in total. The Morgan fingerprint density at radius 1 is 1.00 bits per heavy atom. The van der Waals surface area contributed by atoms with Crippen molar-refractivity contribution in [1.82, 2.24) is 19.7 Å². The highest BCUT2D eigenvalue weighted by Crippen LogP contribution is 2.29. The molecule has 0 saturated heterocycles. The minimum Gasteiger partial charge on any atom is -0.324 e. The second-order valence-corrected chi connectivity index (χ2v) is 7.96. The molecular formula is C21H15Cl2N5OS. The number of nitrogens with zero attached hydrogens (tertiary/aromatic N) is 4. The van der Waals surface area contributed by atoms with Crippen molar-refractivity contribution >= 4 is 46.6 Å². The van der Waals surface area contributed by atoms with E-state index in [9.17, 15) is 4.79 Å². The number of hydrogen-bond donors (Lipinski definition) is 1. The number of hydrogen-bond acceptors (Lipinski definition) is 5. The molecule has 150 valence electrons. The van der Waals surface area contributed by atoms with E-state index in [1.54, 1.807) is 30.6 Å². The summed E-state index contributed by atoms with van der Waals surface area (Å²) in [7, 11) is 0. The fourth-order valence-electron chi connectivity index (χ4n) is 2.77. The lowest BCUT2D eigenvalue weighted by molar-refractivity contribution is -0.113. The lowest BCUT2D eigenvalue weighted by Crippen LogP contribution is -2.15. The van der Waals surface area contributed by atoms with Crippen molar-refractivity contribution in [3.8, 4) is 17.1 Å². The van der Waals surface area contributed by atoms with Crippen LogP contribution in [0.3, 0.4) is 0 Å². The molecule has 0 bridgehead atoms. The number of pyridine rings is 1. The number of anilines is 1. The predicted octanol–water partition coefficient (Wildman–Crippen LogP) is 5.37. The third-order valence-corrected chi connectivity index (χ3v) is 5.60. The Bertz CT molecular complexity index is 1170. The van der Waals surface area contributed by atoms with Gasteiger partial charge in [0.05, 0.1) is 16.5 Å². The number of carbonyl (C=O) groups is 1. The molecule has 30 heavy (non-hydrogen) atoms. The molecule has 0 aliphatic heterocycles. The number of benzene rings is 2. The fraction of sp³-hybridized carbons (Fsp3) is 0.0476. The maximum Gasteiger partial charge on any atom is 0.234 e. The third-order valence-electron chi connectivity index (χ3n) is 4.12. The summed E-state index contributed by atoms with van der Waals surface area (Å²) in [4.78, 5) is 16.5. The van der Waals surface area contributed by atoms with Crippen LogP contribution in [-0.4, -0.2) is 31.4 Å². The number of para-hydroxylation sites is 1. The molecule has 0 unspecified atom stereocenters. The summed E-state index contributed by atoms with van der Waals surface area (Å²) in [5, 5.41) is 12.9. The van der Waals surface area contributed by atoms with Crippen LogP contribution >= 0.6 is 35.0 Å². The SMILES string of the molecule is O=C(CSc1nnc(-c2ccncc2)n1-c1ccccc1)Nc1ccc(Cl)cc1Cl. The van der Waals surface area contributed by atoms with Crippen LogP contribution in [0.25, 0.3) is 17.1 Å². The third kappa shape index (κ3) is 4.64. The van der Waals surface area contributed by atoms with Gasteiger partial charge in [-0.25, -0.2) is 0 Å². The number of nitrogens with one attached hydrogen (secondary N) is 1. The minimum absolute atomic E-state index is 0.139. The Morgan fingerprint density at radius 3 is 2.50 bits per heavy atom. The molecule has 0 saturated carbocycles. The molecule has 1 N–H and O–H groups in total. The molecular weight excluding hydrogens is 441 g/mol. The molecule has 1 amide bonds. The monoisotopic (exact) mass is 455 g/mol. The highest BCUT2D eigenvalue weighted by molar-refractivity contribution is 7.99. The van der Waals surface area contributed by atoms with Crippen LogP contribution in [0, 0.1) is 0 Å². The first-order valence-electron chi connectivity index (χ1n) is 8.91. The van der Waals surface area contributed by atoms with Gasteiger partial charge >= 0.3 is 0 Å². The predicted molar refractivity (Wildman–Crippen MR) is 120 cm³/mol. The van der Waals surface area contributed by atoms with Gasteiger partial charge in [-0.15, -0.1) is 10.2 Å². The molecule has 2 heterocycles. The van der Waals surface area contributed by atoms with Crippen molar-refractivity contribution in [1.29, 1.82) is 0 Å². The molecule has 0 spiro atoms. The zero-order valence-electron chi connectivity index (χ0n) is 15.5. The second kappa shape index (κ2) is 9.30. The van der Waals surface area contributed by atoms with Crippen molar-refractivity contribution < 1.29 is 4.79 Å². The van der Waals surface area contributed by atoms with Crippen molar-refractivity contribution in [2.24, 2.45) is 0 Å². The van der Waals surface area contributed by atoms with Crippen LogP contribution in [0.1, 0.15) is 0 Å². The first kappa shape index (κ1) is 20.4. The molecule has 4 aromatic rings. The van der Waals surface area contributed by atoms with Gasteiger partial charge in [0.1, 0.15) is 0 Å². The van der Waals surface area contributed by atoms with Gasteiger partial charge in [-0.05, 0) is 42.5 Å². The van der Waals surface area contributed by atoms with E-state index in [2.05, 4.69) is 20.5 Å². The quantitative estimate of drug-likeness (QED) is 0.395. The average Bonchev–Trinajstić information content (AvgIpc) is 3.19. The van der Waals surface area contributed by atoms with Crippen LogP contribution in [0.15, 0.2) is 78.2 Å². The van der Waals surface area contributed by atoms with Crippen molar-refractivity contribution in [3.63, 3.8) is 0 Å². The molecule has 0 aliphatic rings. The van der Waals surface area contributed by atoms with E-state index in [0.29, 0.717) is 26.7 Å². The maximum atomic E-state index is 12.5. The van der Waals surface area contributed by atoms with Gasteiger partial charge in [0.15, 0.2) is 11.0 Å². The van der Waals surface area contributed by atoms with Gasteiger partial charge in [-0.2, -0.15) is 0 Å². The number of thioether (sulfide) groups is 1. The summed E-state index contributed by atoms with van der Waals surface area (Å²) in [6, 6.07) is 18.4. The molecule has 0 aliphatic carbocycles. The first-order chi connectivity index (χ1) is 14.6. The first-order valence-corrected chi connectivity index (χ1v) is 10.6.